The number of nitrogens with zero attached hydrogens (tertiary/aromatic N) is 2. The monoisotopic (exact) mass is 603 g/mol. The van der Waals surface area contributed by atoms with Crippen molar-refractivity contribution in [3.63, 3.8) is 0 Å². The normalized spacial score (nSPS) is 12.2. The summed E-state index contributed by atoms with van der Waals surface area (Å²) in [6.07, 6.45) is 0. The fourth-order valence-corrected chi connectivity index (χ4v) is 5.92. The van der Waals surface area contributed by atoms with Crippen LogP contribution in [0.3, 0.4) is 0 Å². The smallest absolute Gasteiger partial charge is 0.264 e. The minimum atomic E-state index is -4.24. The molecule has 0 aromatic heterocycles. The molecule has 10 heteroatoms. The Bertz CT molecular complexity index is 1460. The van der Waals surface area contributed by atoms with Crippen molar-refractivity contribution >= 4 is 50.7 Å². The van der Waals surface area contributed by atoms with Gasteiger partial charge < -0.3 is 10.2 Å². The molecule has 7 nitrogen and oxygen atoms in total. The highest BCUT2D eigenvalue weighted by atomic mass is 35.5. The van der Waals surface area contributed by atoms with Gasteiger partial charge in [0.25, 0.3) is 10.0 Å². The number of amides is 2. The molecule has 0 fully saturated rings. The Morgan fingerprint density at radius 1 is 0.900 bits per heavy atom. The average Bonchev–Trinajstić information content (AvgIpc) is 2.91. The van der Waals surface area contributed by atoms with Gasteiger partial charge >= 0.3 is 0 Å². The fraction of sp³-hybridized carbons (Fsp3) is 0.333. The summed E-state index contributed by atoms with van der Waals surface area (Å²) >= 11 is 12.7. The number of sulfonamides is 1. The van der Waals surface area contributed by atoms with Crippen LogP contribution in [0, 0.1) is 19.8 Å². The number of halogens is 2. The van der Waals surface area contributed by atoms with Gasteiger partial charge in [0.15, 0.2) is 0 Å². The van der Waals surface area contributed by atoms with Crippen LogP contribution in [-0.4, -0.2) is 44.3 Å². The first kappa shape index (κ1) is 31.5. The van der Waals surface area contributed by atoms with Gasteiger partial charge in [0.05, 0.1) is 20.6 Å². The van der Waals surface area contributed by atoms with Gasteiger partial charge in [-0.1, -0.05) is 85.1 Å². The molecule has 3 rings (SSSR count). The summed E-state index contributed by atoms with van der Waals surface area (Å²) in [7, 11) is -4.24. The number of hydrogen-bond acceptors (Lipinski definition) is 4. The minimum Gasteiger partial charge on any atom is -0.354 e. The number of benzene rings is 3. The summed E-state index contributed by atoms with van der Waals surface area (Å²) in [5, 5.41) is 3.03. The molecule has 1 atom stereocenters. The Kier molecular flexibility index (Phi) is 10.6. The number of hydrogen-bond donors (Lipinski definition) is 1. The number of aryl methyl sites for hydroxylation is 2. The van der Waals surface area contributed by atoms with Crippen LogP contribution in [-0.2, 0) is 26.2 Å². The van der Waals surface area contributed by atoms with Crippen molar-refractivity contribution in [2.24, 2.45) is 5.92 Å². The number of carbonyl (C=O) groups is 2. The Hall–Kier alpha value is -3.07. The zero-order valence-electron chi connectivity index (χ0n) is 23.3. The van der Waals surface area contributed by atoms with Gasteiger partial charge in [-0.25, -0.2) is 8.42 Å². The summed E-state index contributed by atoms with van der Waals surface area (Å²) in [5.74, 6) is -0.677. The molecule has 40 heavy (non-hydrogen) atoms. The highest BCUT2D eigenvalue weighted by molar-refractivity contribution is 7.92. The van der Waals surface area contributed by atoms with Crippen molar-refractivity contribution in [1.82, 2.24) is 10.2 Å². The molecular formula is C30H35Cl2N3O4S. The van der Waals surface area contributed by atoms with Crippen LogP contribution < -0.4 is 9.62 Å². The van der Waals surface area contributed by atoms with Crippen molar-refractivity contribution < 1.29 is 18.0 Å². The molecule has 3 aromatic carbocycles. The summed E-state index contributed by atoms with van der Waals surface area (Å²) in [6.45, 7) is 9.32. The molecule has 0 radical (unpaired) electrons. The molecule has 214 valence electrons. The van der Waals surface area contributed by atoms with E-state index in [1.807, 2.05) is 52.0 Å². The van der Waals surface area contributed by atoms with Gasteiger partial charge in [-0.2, -0.15) is 0 Å². The minimum absolute atomic E-state index is 0.000770. The zero-order chi connectivity index (χ0) is 29.6. The lowest BCUT2D eigenvalue weighted by atomic mass is 10.1. The first-order valence-electron chi connectivity index (χ1n) is 13.0. The van der Waals surface area contributed by atoms with Crippen molar-refractivity contribution in [2.45, 2.75) is 52.1 Å². The van der Waals surface area contributed by atoms with Crippen LogP contribution in [0.5, 0.6) is 0 Å². The molecule has 0 aliphatic heterocycles. The van der Waals surface area contributed by atoms with E-state index >= 15 is 0 Å². The SMILES string of the molecule is Cc1ccc(S(=O)(=O)N(CC(=O)N(Cc2ccccc2C)C(C)C(=O)NCC(C)C)c2cccc(Cl)c2Cl)cc1. The lowest BCUT2D eigenvalue weighted by molar-refractivity contribution is -0.139. The predicted molar refractivity (Wildman–Crippen MR) is 161 cm³/mol. The number of nitrogens with one attached hydrogen (secondary N) is 1. The Morgan fingerprint density at radius 3 is 2.17 bits per heavy atom. The molecule has 0 saturated carbocycles. The molecule has 2 amide bonds. The van der Waals surface area contributed by atoms with Crippen molar-refractivity contribution in [2.75, 3.05) is 17.4 Å². The van der Waals surface area contributed by atoms with Gasteiger partial charge in [0, 0.05) is 13.1 Å². The molecule has 0 aliphatic carbocycles. The van der Waals surface area contributed by atoms with Crippen molar-refractivity contribution in [1.29, 1.82) is 0 Å². The molecule has 0 heterocycles. The van der Waals surface area contributed by atoms with Gasteiger partial charge in [0.1, 0.15) is 12.6 Å². The van der Waals surface area contributed by atoms with Crippen molar-refractivity contribution in [3.05, 3.63) is 93.5 Å². The quantitative estimate of drug-likeness (QED) is 0.291. The summed E-state index contributed by atoms with van der Waals surface area (Å²) in [6, 6.07) is 17.6. The van der Waals surface area contributed by atoms with Crippen LogP contribution in [0.25, 0.3) is 0 Å². The van der Waals surface area contributed by atoms with Gasteiger partial charge in [-0.15, -0.1) is 0 Å². The maximum absolute atomic E-state index is 14.0. The molecule has 0 saturated heterocycles. The van der Waals surface area contributed by atoms with E-state index in [0.29, 0.717) is 6.54 Å². The van der Waals surface area contributed by atoms with Crippen LogP contribution in [0.15, 0.2) is 71.6 Å². The predicted octanol–water partition coefficient (Wildman–Crippen LogP) is 6.00. The molecule has 0 spiro atoms. The zero-order valence-corrected chi connectivity index (χ0v) is 25.6. The lowest BCUT2D eigenvalue weighted by Gasteiger charge is -2.32. The van der Waals surface area contributed by atoms with Crippen LogP contribution >= 0.6 is 23.2 Å². The molecule has 0 bridgehead atoms. The van der Waals surface area contributed by atoms with Crippen LogP contribution in [0.2, 0.25) is 10.0 Å². The maximum atomic E-state index is 14.0. The van der Waals surface area contributed by atoms with Crippen LogP contribution in [0.1, 0.15) is 37.5 Å². The summed E-state index contributed by atoms with van der Waals surface area (Å²) in [4.78, 5) is 28.5. The highest BCUT2D eigenvalue weighted by Crippen LogP contribution is 2.35. The van der Waals surface area contributed by atoms with E-state index in [1.165, 1.54) is 29.2 Å². The summed E-state index contributed by atoms with van der Waals surface area (Å²) < 4.78 is 28.8. The van der Waals surface area contributed by atoms with Gasteiger partial charge in [0.2, 0.25) is 11.8 Å². The topological polar surface area (TPSA) is 86.8 Å². The van der Waals surface area contributed by atoms with Crippen LogP contribution in [0.4, 0.5) is 5.69 Å². The van der Waals surface area contributed by atoms with E-state index in [0.717, 1.165) is 21.0 Å². The van der Waals surface area contributed by atoms with E-state index in [9.17, 15) is 18.0 Å². The largest absolute Gasteiger partial charge is 0.354 e. The summed E-state index contributed by atoms with van der Waals surface area (Å²) in [5.41, 5.74) is 2.73. The average molecular weight is 605 g/mol. The van der Waals surface area contributed by atoms with Gasteiger partial charge in [-0.05, 0) is 62.1 Å². The lowest BCUT2D eigenvalue weighted by Crippen LogP contribution is -2.51. The molecule has 0 aliphatic rings. The number of anilines is 1. The maximum Gasteiger partial charge on any atom is 0.264 e. The number of rotatable bonds is 11. The first-order chi connectivity index (χ1) is 18.8. The Morgan fingerprint density at radius 2 is 1.55 bits per heavy atom. The standard InChI is InChI=1S/C30H35Cl2N3O4S/c1-20(2)17-33-30(37)23(5)34(18-24-10-7-6-9-22(24)4)28(36)19-35(27-12-8-11-26(31)29(27)32)40(38,39)25-15-13-21(3)14-16-25/h6-16,20,23H,17-19H2,1-5H3,(H,33,37). The molecule has 1 N–H and O–H groups in total. The second kappa shape index (κ2) is 13.5. The van der Waals surface area contributed by atoms with E-state index in [2.05, 4.69) is 5.32 Å². The fourth-order valence-electron chi connectivity index (χ4n) is 4.04. The second-order valence-electron chi connectivity index (χ2n) is 10.2. The third-order valence-electron chi connectivity index (χ3n) is 6.54. The third kappa shape index (κ3) is 7.56. The first-order valence-corrected chi connectivity index (χ1v) is 15.2. The second-order valence-corrected chi connectivity index (χ2v) is 12.8. The van der Waals surface area contributed by atoms with Gasteiger partial charge in [-0.3, -0.25) is 13.9 Å². The third-order valence-corrected chi connectivity index (χ3v) is 9.12. The molecular weight excluding hydrogens is 569 g/mol. The van der Waals surface area contributed by atoms with E-state index in [4.69, 9.17) is 23.2 Å². The van der Waals surface area contributed by atoms with E-state index < -0.39 is 28.5 Å². The molecule has 1 unspecified atom stereocenters. The Balaban J connectivity index is 2.07. The van der Waals surface area contributed by atoms with E-state index in [-0.39, 0.29) is 39.0 Å². The van der Waals surface area contributed by atoms with Crippen molar-refractivity contribution in [3.8, 4) is 0 Å². The molecule has 3 aromatic rings. The number of carbonyl (C=O) groups excluding carboxylic acids is 2. The Labute approximate surface area is 247 Å². The highest BCUT2D eigenvalue weighted by Gasteiger charge is 2.33. The van der Waals surface area contributed by atoms with E-state index in [1.54, 1.807) is 25.1 Å².